The second-order valence-electron chi connectivity index (χ2n) is 4.47. The molecule has 0 atom stereocenters. The predicted octanol–water partition coefficient (Wildman–Crippen LogP) is 5.48. The average molecular weight is 369 g/mol. The smallest absolute Gasteiger partial charge is 0.187 e. The van der Waals surface area contributed by atoms with E-state index < -0.39 is 0 Å². The van der Waals surface area contributed by atoms with Gasteiger partial charge >= 0.3 is 0 Å². The summed E-state index contributed by atoms with van der Waals surface area (Å²) in [6.45, 7) is 0. The molecule has 6 heteroatoms. The number of thioether (sulfide) groups is 1. The highest BCUT2D eigenvalue weighted by atomic mass is 35.5. The lowest BCUT2D eigenvalue weighted by Gasteiger charge is -2.10. The van der Waals surface area contributed by atoms with Gasteiger partial charge in [-0.05, 0) is 42.2 Å². The summed E-state index contributed by atoms with van der Waals surface area (Å²) in [5.74, 6) is 0. The van der Waals surface area contributed by atoms with E-state index in [1.54, 1.807) is 11.8 Å². The standard InChI is InChI=1S/C16H13ClN2S2.ClH/c1-20-14-4-2-3-13(9-14)19-15(10-21-16(19)18)11-5-7-12(17)8-6-11;/h2-10,18H,1H3;1H. The van der Waals surface area contributed by atoms with Crippen molar-refractivity contribution in [1.29, 1.82) is 5.41 Å². The van der Waals surface area contributed by atoms with Crippen molar-refractivity contribution in [3.63, 3.8) is 0 Å². The van der Waals surface area contributed by atoms with Gasteiger partial charge in [-0.2, -0.15) is 0 Å². The van der Waals surface area contributed by atoms with Crippen LogP contribution in [0.4, 0.5) is 0 Å². The van der Waals surface area contributed by atoms with Crippen molar-refractivity contribution < 1.29 is 0 Å². The van der Waals surface area contributed by atoms with Gasteiger partial charge in [-0.25, -0.2) is 0 Å². The van der Waals surface area contributed by atoms with Gasteiger partial charge in [0.25, 0.3) is 0 Å². The number of thiazole rings is 1. The van der Waals surface area contributed by atoms with Crippen LogP contribution in [0.2, 0.25) is 5.02 Å². The highest BCUT2D eigenvalue weighted by Gasteiger charge is 2.09. The van der Waals surface area contributed by atoms with Crippen LogP contribution in [-0.4, -0.2) is 10.8 Å². The van der Waals surface area contributed by atoms with Gasteiger partial charge in [-0.15, -0.1) is 35.5 Å². The van der Waals surface area contributed by atoms with Crippen LogP contribution in [-0.2, 0) is 0 Å². The average Bonchev–Trinajstić information content (AvgIpc) is 2.90. The van der Waals surface area contributed by atoms with Crippen molar-refractivity contribution in [1.82, 2.24) is 4.57 Å². The topological polar surface area (TPSA) is 28.8 Å². The maximum absolute atomic E-state index is 8.20. The van der Waals surface area contributed by atoms with Gasteiger partial charge in [0.15, 0.2) is 4.80 Å². The molecule has 0 radical (unpaired) electrons. The van der Waals surface area contributed by atoms with Crippen LogP contribution in [0, 0.1) is 5.41 Å². The monoisotopic (exact) mass is 368 g/mol. The molecule has 1 aromatic heterocycles. The van der Waals surface area contributed by atoms with E-state index >= 15 is 0 Å². The van der Waals surface area contributed by atoms with Crippen molar-refractivity contribution in [3.05, 3.63) is 63.7 Å². The third-order valence-corrected chi connectivity index (χ3v) is 4.90. The molecule has 0 saturated carbocycles. The Morgan fingerprint density at radius 3 is 2.55 bits per heavy atom. The van der Waals surface area contributed by atoms with E-state index in [1.807, 2.05) is 46.3 Å². The zero-order chi connectivity index (χ0) is 14.8. The number of halogens is 2. The zero-order valence-corrected chi connectivity index (χ0v) is 15.0. The summed E-state index contributed by atoms with van der Waals surface area (Å²) in [5, 5.41) is 10.9. The molecule has 1 N–H and O–H groups in total. The third kappa shape index (κ3) is 3.41. The van der Waals surface area contributed by atoms with E-state index in [9.17, 15) is 0 Å². The minimum absolute atomic E-state index is 0. The van der Waals surface area contributed by atoms with E-state index in [2.05, 4.69) is 18.4 Å². The Morgan fingerprint density at radius 1 is 1.14 bits per heavy atom. The molecule has 0 aliphatic rings. The molecular formula is C16H14Cl2N2S2. The van der Waals surface area contributed by atoms with Gasteiger partial charge in [-0.1, -0.05) is 29.8 Å². The van der Waals surface area contributed by atoms with E-state index in [1.165, 1.54) is 16.2 Å². The molecule has 0 spiro atoms. The molecule has 114 valence electrons. The van der Waals surface area contributed by atoms with Crippen molar-refractivity contribution in [3.8, 4) is 16.9 Å². The number of hydrogen-bond donors (Lipinski definition) is 1. The first-order chi connectivity index (χ1) is 10.2. The summed E-state index contributed by atoms with van der Waals surface area (Å²) in [6.07, 6.45) is 2.05. The van der Waals surface area contributed by atoms with Gasteiger partial charge in [0, 0.05) is 21.0 Å². The molecule has 0 aliphatic heterocycles. The predicted molar refractivity (Wildman–Crippen MR) is 99.0 cm³/mol. The molecule has 0 fully saturated rings. The highest BCUT2D eigenvalue weighted by Crippen LogP contribution is 2.26. The maximum Gasteiger partial charge on any atom is 0.187 e. The molecule has 0 aliphatic carbocycles. The second kappa shape index (κ2) is 7.38. The van der Waals surface area contributed by atoms with Gasteiger partial charge in [0.05, 0.1) is 5.69 Å². The first kappa shape index (κ1) is 17.2. The molecule has 0 saturated heterocycles. The van der Waals surface area contributed by atoms with Crippen LogP contribution in [0.3, 0.4) is 0 Å². The zero-order valence-electron chi connectivity index (χ0n) is 11.7. The number of aromatic nitrogens is 1. The van der Waals surface area contributed by atoms with Gasteiger partial charge in [0.1, 0.15) is 0 Å². The van der Waals surface area contributed by atoms with Crippen LogP contribution >= 0.6 is 47.1 Å². The third-order valence-electron chi connectivity index (χ3n) is 3.18. The van der Waals surface area contributed by atoms with Crippen LogP contribution < -0.4 is 4.80 Å². The maximum atomic E-state index is 8.20. The summed E-state index contributed by atoms with van der Waals surface area (Å²) < 4.78 is 1.97. The summed E-state index contributed by atoms with van der Waals surface area (Å²) in [4.78, 5) is 1.70. The van der Waals surface area contributed by atoms with Crippen molar-refractivity contribution >= 4 is 47.1 Å². The largest absolute Gasteiger partial charge is 0.285 e. The van der Waals surface area contributed by atoms with E-state index in [-0.39, 0.29) is 12.4 Å². The Balaban J connectivity index is 0.00000176. The molecule has 0 amide bonds. The number of rotatable bonds is 3. The fourth-order valence-electron chi connectivity index (χ4n) is 2.15. The molecule has 2 aromatic carbocycles. The van der Waals surface area contributed by atoms with Crippen molar-refractivity contribution in [2.45, 2.75) is 4.90 Å². The lowest BCUT2D eigenvalue weighted by Crippen LogP contribution is -2.12. The molecule has 0 unspecified atom stereocenters. The second-order valence-corrected chi connectivity index (χ2v) is 6.64. The summed E-state index contributed by atoms with van der Waals surface area (Å²) >= 11 is 9.09. The van der Waals surface area contributed by atoms with E-state index in [0.29, 0.717) is 4.80 Å². The first-order valence-corrected chi connectivity index (χ1v) is 8.83. The van der Waals surface area contributed by atoms with E-state index in [4.69, 9.17) is 17.0 Å². The number of nitrogens with one attached hydrogen (secondary N) is 1. The lowest BCUT2D eigenvalue weighted by atomic mass is 10.1. The summed E-state index contributed by atoms with van der Waals surface area (Å²) in [6, 6.07) is 16.0. The summed E-state index contributed by atoms with van der Waals surface area (Å²) in [5.41, 5.74) is 3.08. The Bertz CT molecular complexity index is 823. The van der Waals surface area contributed by atoms with Crippen LogP contribution in [0.25, 0.3) is 16.9 Å². The van der Waals surface area contributed by atoms with Crippen molar-refractivity contribution in [2.75, 3.05) is 6.26 Å². The Morgan fingerprint density at radius 2 is 1.86 bits per heavy atom. The number of benzene rings is 2. The SMILES string of the molecule is CSc1cccc(-n2c(-c3ccc(Cl)cc3)csc2=N)c1.Cl. The first-order valence-electron chi connectivity index (χ1n) is 6.34. The molecular weight excluding hydrogens is 355 g/mol. The fraction of sp³-hybridized carbons (Fsp3) is 0.0625. The molecule has 1 heterocycles. The van der Waals surface area contributed by atoms with Gasteiger partial charge < -0.3 is 0 Å². The molecule has 0 bridgehead atoms. The summed E-state index contributed by atoms with van der Waals surface area (Å²) in [7, 11) is 0. The molecule has 2 nitrogen and oxygen atoms in total. The highest BCUT2D eigenvalue weighted by molar-refractivity contribution is 7.98. The Labute approximate surface area is 148 Å². The fourth-order valence-corrected chi connectivity index (χ4v) is 3.50. The van der Waals surface area contributed by atoms with Crippen LogP contribution in [0.15, 0.2) is 58.8 Å². The minimum Gasteiger partial charge on any atom is -0.285 e. The van der Waals surface area contributed by atoms with Gasteiger partial charge in [0.2, 0.25) is 0 Å². The normalized spacial score (nSPS) is 10.3. The van der Waals surface area contributed by atoms with Gasteiger partial charge in [-0.3, -0.25) is 9.98 Å². The quantitative estimate of drug-likeness (QED) is 0.609. The Kier molecular flexibility index (Phi) is 5.75. The van der Waals surface area contributed by atoms with Crippen molar-refractivity contribution in [2.24, 2.45) is 0 Å². The molecule has 3 rings (SSSR count). The molecule has 3 aromatic rings. The molecule has 22 heavy (non-hydrogen) atoms. The Hall–Kier alpha value is -1.20. The lowest BCUT2D eigenvalue weighted by molar-refractivity contribution is 0.982. The van der Waals surface area contributed by atoms with Crippen LogP contribution in [0.1, 0.15) is 0 Å². The number of nitrogens with zero attached hydrogens (tertiary/aromatic N) is 1. The van der Waals surface area contributed by atoms with Crippen LogP contribution in [0.5, 0.6) is 0 Å². The minimum atomic E-state index is 0. The number of hydrogen-bond acceptors (Lipinski definition) is 3. The van der Waals surface area contributed by atoms with E-state index in [0.717, 1.165) is 22.0 Å².